The maximum Gasteiger partial charge on any atom is 0.307 e. The second-order valence-electron chi connectivity index (χ2n) is 9.28. The van der Waals surface area contributed by atoms with Gasteiger partial charge in [0, 0.05) is 6.54 Å². The molecule has 2 heterocycles. The fourth-order valence-electron chi connectivity index (χ4n) is 4.29. The van der Waals surface area contributed by atoms with Crippen molar-refractivity contribution < 1.29 is 34.1 Å². The minimum atomic E-state index is -1.17. The van der Waals surface area contributed by atoms with Gasteiger partial charge in [0.1, 0.15) is 17.2 Å². The molecule has 0 aromatic rings. The van der Waals surface area contributed by atoms with Crippen molar-refractivity contribution in [2.24, 2.45) is 11.7 Å². The van der Waals surface area contributed by atoms with Crippen LogP contribution in [0.3, 0.4) is 0 Å². The number of likely N-dealkylation sites (tertiary alicyclic amines) is 2. The first-order valence-electron chi connectivity index (χ1n) is 10.2. The summed E-state index contributed by atoms with van der Waals surface area (Å²) in [4.78, 5) is 52.7. The third-order valence-corrected chi connectivity index (χ3v) is 5.64. The Labute approximate surface area is 176 Å². The topological polar surface area (TPSA) is 150 Å². The van der Waals surface area contributed by atoms with Gasteiger partial charge in [-0.2, -0.15) is 0 Å². The number of amides is 3. The molecule has 30 heavy (non-hydrogen) atoms. The van der Waals surface area contributed by atoms with Crippen molar-refractivity contribution in [3.63, 3.8) is 0 Å². The van der Waals surface area contributed by atoms with E-state index in [1.54, 1.807) is 20.8 Å². The molecule has 3 amide bonds. The van der Waals surface area contributed by atoms with Crippen molar-refractivity contribution >= 4 is 23.7 Å². The lowest BCUT2D eigenvalue weighted by atomic mass is 9.82. The molecular weight excluding hydrogens is 394 g/mol. The molecule has 0 radical (unpaired) electrons. The van der Waals surface area contributed by atoms with Crippen molar-refractivity contribution in [3.05, 3.63) is 0 Å². The van der Waals surface area contributed by atoms with Crippen molar-refractivity contribution in [1.82, 2.24) is 9.80 Å². The van der Waals surface area contributed by atoms with E-state index in [9.17, 15) is 29.4 Å². The highest BCUT2D eigenvalue weighted by atomic mass is 16.6. The molecule has 0 aromatic carbocycles. The Balaban J connectivity index is 2.19. The molecule has 1 unspecified atom stereocenters. The van der Waals surface area contributed by atoms with Gasteiger partial charge in [0.25, 0.3) is 5.91 Å². The van der Waals surface area contributed by atoms with Gasteiger partial charge in [-0.15, -0.1) is 0 Å². The van der Waals surface area contributed by atoms with Gasteiger partial charge >= 0.3 is 5.97 Å². The summed E-state index contributed by atoms with van der Waals surface area (Å²) >= 11 is 0. The van der Waals surface area contributed by atoms with Crippen molar-refractivity contribution in [2.75, 3.05) is 13.1 Å². The van der Waals surface area contributed by atoms with Crippen LogP contribution in [-0.2, 0) is 23.9 Å². The first-order valence-corrected chi connectivity index (χ1v) is 10.2. The highest BCUT2D eigenvalue weighted by Gasteiger charge is 2.62. The summed E-state index contributed by atoms with van der Waals surface area (Å²) in [5, 5.41) is 20.0. The van der Waals surface area contributed by atoms with E-state index in [-0.39, 0.29) is 13.0 Å². The molecule has 2 aliphatic heterocycles. The van der Waals surface area contributed by atoms with Crippen LogP contribution >= 0.6 is 0 Å². The Morgan fingerprint density at radius 1 is 1.20 bits per heavy atom. The van der Waals surface area contributed by atoms with Crippen LogP contribution < -0.4 is 5.73 Å². The van der Waals surface area contributed by atoms with E-state index in [2.05, 4.69) is 0 Å². The van der Waals surface area contributed by atoms with E-state index in [1.165, 1.54) is 23.6 Å². The quantitative estimate of drug-likeness (QED) is 0.354. The van der Waals surface area contributed by atoms with Crippen LogP contribution in [0.4, 0.5) is 0 Å². The molecule has 2 aliphatic rings. The van der Waals surface area contributed by atoms with Crippen LogP contribution in [0.1, 0.15) is 53.9 Å². The summed E-state index contributed by atoms with van der Waals surface area (Å²) in [7, 11) is 0. The van der Waals surface area contributed by atoms with Gasteiger partial charge in [0.15, 0.2) is 0 Å². The summed E-state index contributed by atoms with van der Waals surface area (Å²) in [6.45, 7) is 8.27. The zero-order chi connectivity index (χ0) is 23.0. The molecule has 2 fully saturated rings. The minimum absolute atomic E-state index is 0.0645. The molecule has 0 aromatic heterocycles. The number of rotatable bonds is 7. The number of nitrogens with two attached hydrogens (primary N) is 1. The number of β-lactam (4-membered cyclic amide) rings is 1. The van der Waals surface area contributed by atoms with Crippen LogP contribution in [0.5, 0.6) is 0 Å². The number of nitrogens with zero attached hydrogens (tertiary/aromatic N) is 2. The standard InChI is InChI=1S/C20H33N3O7/c1-11(24)13(9-14(26)30-19(3,4)5)17(28)23-8-6-7-20(23)10-22(18(20)29)15(12(2)25)16(21)27/h11-13,15,24-25H,6-10H2,1-5H3,(H2,21,27)/t11-,12-,13+,15+,20?/m1/s1. The Morgan fingerprint density at radius 3 is 2.23 bits per heavy atom. The van der Waals surface area contributed by atoms with E-state index in [4.69, 9.17) is 10.5 Å². The summed E-state index contributed by atoms with van der Waals surface area (Å²) in [6.07, 6.45) is -1.61. The fourth-order valence-corrected chi connectivity index (χ4v) is 4.29. The third-order valence-electron chi connectivity index (χ3n) is 5.64. The molecule has 0 aliphatic carbocycles. The maximum atomic E-state index is 13.2. The van der Waals surface area contributed by atoms with E-state index in [0.717, 1.165) is 0 Å². The molecule has 5 atom stereocenters. The normalized spacial score (nSPS) is 25.5. The summed E-state index contributed by atoms with van der Waals surface area (Å²) in [5.74, 6) is -3.45. The summed E-state index contributed by atoms with van der Waals surface area (Å²) in [6, 6.07) is -1.17. The second-order valence-corrected chi connectivity index (χ2v) is 9.28. The largest absolute Gasteiger partial charge is 0.460 e. The highest BCUT2D eigenvalue weighted by Crippen LogP contribution is 2.41. The lowest BCUT2D eigenvalue weighted by Gasteiger charge is -2.54. The number of esters is 1. The lowest BCUT2D eigenvalue weighted by molar-refractivity contribution is -0.179. The Morgan fingerprint density at radius 2 is 1.80 bits per heavy atom. The van der Waals surface area contributed by atoms with Gasteiger partial charge in [0.2, 0.25) is 11.8 Å². The maximum absolute atomic E-state index is 13.2. The number of carbonyl (C=O) groups is 4. The Hall–Kier alpha value is -2.20. The molecular formula is C20H33N3O7. The van der Waals surface area contributed by atoms with Crippen LogP contribution in [-0.4, -0.2) is 86.2 Å². The number of hydrogen-bond acceptors (Lipinski definition) is 7. The smallest absolute Gasteiger partial charge is 0.307 e. The first kappa shape index (κ1) is 24.1. The molecule has 0 bridgehead atoms. The monoisotopic (exact) mass is 427 g/mol. The predicted molar refractivity (Wildman–Crippen MR) is 106 cm³/mol. The van der Waals surface area contributed by atoms with E-state index in [1.807, 2.05) is 0 Å². The Bertz CT molecular complexity index is 716. The highest BCUT2D eigenvalue weighted by molar-refractivity contribution is 6.01. The number of carbonyl (C=O) groups excluding carboxylic acids is 4. The van der Waals surface area contributed by atoms with Crippen molar-refractivity contribution in [2.45, 2.75) is 83.3 Å². The molecule has 1 spiro atoms. The van der Waals surface area contributed by atoms with Gasteiger partial charge in [-0.25, -0.2) is 0 Å². The van der Waals surface area contributed by atoms with Crippen LogP contribution in [0.2, 0.25) is 0 Å². The average molecular weight is 427 g/mol. The van der Waals surface area contributed by atoms with Gasteiger partial charge in [-0.1, -0.05) is 0 Å². The summed E-state index contributed by atoms with van der Waals surface area (Å²) < 4.78 is 5.27. The molecule has 4 N–H and O–H groups in total. The average Bonchev–Trinajstić information content (AvgIpc) is 3.02. The van der Waals surface area contributed by atoms with Crippen LogP contribution in [0.15, 0.2) is 0 Å². The predicted octanol–water partition coefficient (Wildman–Crippen LogP) is -0.847. The lowest BCUT2D eigenvalue weighted by Crippen LogP contribution is -2.77. The van der Waals surface area contributed by atoms with Gasteiger partial charge in [0.05, 0.1) is 31.1 Å². The third kappa shape index (κ3) is 4.59. The van der Waals surface area contributed by atoms with E-state index < -0.39 is 59.0 Å². The summed E-state index contributed by atoms with van der Waals surface area (Å²) in [5.41, 5.74) is 3.46. The molecule has 170 valence electrons. The molecule has 10 heteroatoms. The molecule has 2 saturated heterocycles. The number of hydrogen-bond donors (Lipinski definition) is 3. The zero-order valence-electron chi connectivity index (χ0n) is 18.3. The number of ether oxygens (including phenoxy) is 1. The number of aliphatic hydroxyl groups is 2. The van der Waals surface area contributed by atoms with Gasteiger partial charge in [-0.05, 0) is 47.5 Å². The Kier molecular flexibility index (Phi) is 6.82. The van der Waals surface area contributed by atoms with Gasteiger partial charge < -0.3 is 30.5 Å². The fraction of sp³-hybridized carbons (Fsp3) is 0.800. The molecule has 10 nitrogen and oxygen atoms in total. The van der Waals surface area contributed by atoms with E-state index >= 15 is 0 Å². The number of aliphatic hydroxyl groups excluding tert-OH is 2. The van der Waals surface area contributed by atoms with Crippen molar-refractivity contribution in [3.8, 4) is 0 Å². The first-order chi connectivity index (χ1) is 13.7. The zero-order valence-corrected chi connectivity index (χ0v) is 18.3. The minimum Gasteiger partial charge on any atom is -0.460 e. The SMILES string of the molecule is C[C@@H](O)[C@H](CC(=O)OC(C)(C)C)C(=O)N1CCCC12CN([C@H](C(N)=O)[C@@H](C)O)C2=O. The van der Waals surface area contributed by atoms with Crippen molar-refractivity contribution in [1.29, 1.82) is 0 Å². The molecule has 0 saturated carbocycles. The van der Waals surface area contributed by atoms with Crippen LogP contribution in [0.25, 0.3) is 0 Å². The van der Waals surface area contributed by atoms with Crippen LogP contribution in [0, 0.1) is 5.92 Å². The molecule has 2 rings (SSSR count). The number of primary amides is 1. The van der Waals surface area contributed by atoms with Gasteiger partial charge in [-0.3, -0.25) is 19.2 Å². The van der Waals surface area contributed by atoms with E-state index in [0.29, 0.717) is 19.4 Å². The second kappa shape index (κ2) is 8.50.